The predicted octanol–water partition coefficient (Wildman–Crippen LogP) is 3.91. The van der Waals surface area contributed by atoms with E-state index < -0.39 is 0 Å². The molecular formula is C13H13NOS. The van der Waals surface area contributed by atoms with Gasteiger partial charge in [-0.25, -0.2) is 0 Å². The molecule has 3 heteroatoms. The van der Waals surface area contributed by atoms with E-state index in [4.69, 9.17) is 5.21 Å². The smallest absolute Gasteiger partial charge is 0.0298 e. The van der Waals surface area contributed by atoms with E-state index in [-0.39, 0.29) is 0 Å². The Morgan fingerprint density at radius 2 is 1.12 bits per heavy atom. The highest BCUT2D eigenvalue weighted by Gasteiger charge is 1.93. The Kier molecular flexibility index (Phi) is 5.81. The van der Waals surface area contributed by atoms with Crippen LogP contribution in [0.25, 0.3) is 0 Å². The van der Waals surface area contributed by atoms with Crippen molar-refractivity contribution in [2.75, 3.05) is 0 Å². The highest BCUT2D eigenvalue weighted by atomic mass is 32.2. The largest absolute Gasteiger partial charge is 0.411 e. The topological polar surface area (TPSA) is 32.6 Å². The first kappa shape index (κ1) is 12.3. The fourth-order valence-electron chi connectivity index (χ4n) is 1.11. The van der Waals surface area contributed by atoms with E-state index >= 15 is 0 Å². The zero-order valence-corrected chi connectivity index (χ0v) is 9.60. The maximum Gasteiger partial charge on any atom is 0.0298 e. The molecule has 0 bridgehead atoms. The minimum atomic E-state index is 1.29. The highest BCUT2D eigenvalue weighted by Crippen LogP contribution is 2.26. The Labute approximate surface area is 99.6 Å². The number of hydrogen-bond donors (Lipinski definition) is 1. The molecule has 2 aromatic carbocycles. The summed E-state index contributed by atoms with van der Waals surface area (Å²) in [7, 11) is 0. The summed E-state index contributed by atoms with van der Waals surface area (Å²) in [6, 6.07) is 20.8. The number of oxime groups is 1. The van der Waals surface area contributed by atoms with Crippen molar-refractivity contribution in [2.45, 2.75) is 9.79 Å². The average Bonchev–Trinajstić information content (AvgIpc) is 2.33. The number of hydrogen-bond acceptors (Lipinski definition) is 3. The second-order valence-corrected chi connectivity index (χ2v) is 4.02. The van der Waals surface area contributed by atoms with Crippen LogP contribution in [0.4, 0.5) is 0 Å². The van der Waals surface area contributed by atoms with Gasteiger partial charge in [-0.3, -0.25) is 0 Å². The molecular weight excluding hydrogens is 218 g/mol. The van der Waals surface area contributed by atoms with E-state index in [9.17, 15) is 0 Å². The highest BCUT2D eigenvalue weighted by molar-refractivity contribution is 7.99. The molecule has 0 radical (unpaired) electrons. The number of benzene rings is 2. The van der Waals surface area contributed by atoms with Crippen LogP contribution in [0.3, 0.4) is 0 Å². The standard InChI is InChI=1S/C12H10S.CH3NO/c1-3-7-11(8-4-1)13-12-9-5-2-6-10-12;1-2-3/h1-10H;3H,1H2. The van der Waals surface area contributed by atoms with Gasteiger partial charge in [0.25, 0.3) is 0 Å². The van der Waals surface area contributed by atoms with Gasteiger partial charge in [-0.1, -0.05) is 48.2 Å². The molecule has 0 spiro atoms. The number of rotatable bonds is 2. The summed E-state index contributed by atoms with van der Waals surface area (Å²) >= 11 is 1.79. The van der Waals surface area contributed by atoms with Crippen LogP contribution in [0.1, 0.15) is 0 Å². The second kappa shape index (κ2) is 7.54. The van der Waals surface area contributed by atoms with Gasteiger partial charge < -0.3 is 5.21 Å². The molecule has 0 aliphatic rings. The molecule has 1 N–H and O–H groups in total. The van der Waals surface area contributed by atoms with Crippen molar-refractivity contribution in [3.8, 4) is 0 Å². The number of nitrogens with zero attached hydrogens (tertiary/aromatic N) is 1. The van der Waals surface area contributed by atoms with E-state index in [1.54, 1.807) is 11.8 Å². The van der Waals surface area contributed by atoms with E-state index in [0.717, 1.165) is 0 Å². The molecule has 0 fully saturated rings. The van der Waals surface area contributed by atoms with E-state index in [1.807, 2.05) is 12.1 Å². The molecule has 2 aromatic rings. The van der Waals surface area contributed by atoms with E-state index in [0.29, 0.717) is 0 Å². The van der Waals surface area contributed by atoms with Crippen molar-refractivity contribution in [1.29, 1.82) is 0 Å². The van der Waals surface area contributed by atoms with Crippen LogP contribution in [0.5, 0.6) is 0 Å². The molecule has 0 heterocycles. The molecule has 2 rings (SSSR count). The summed E-state index contributed by atoms with van der Waals surface area (Å²) in [6.07, 6.45) is 0. The van der Waals surface area contributed by atoms with Gasteiger partial charge in [0.05, 0.1) is 0 Å². The molecule has 0 amide bonds. The van der Waals surface area contributed by atoms with Gasteiger partial charge >= 0.3 is 0 Å². The summed E-state index contributed by atoms with van der Waals surface area (Å²) < 4.78 is 0. The molecule has 0 unspecified atom stereocenters. The molecule has 0 aliphatic heterocycles. The van der Waals surface area contributed by atoms with Crippen molar-refractivity contribution in [3.05, 3.63) is 60.7 Å². The van der Waals surface area contributed by atoms with Crippen LogP contribution in [0, 0.1) is 0 Å². The lowest BCUT2D eigenvalue weighted by molar-refractivity contribution is 0.323. The Balaban J connectivity index is 0.000000386. The maximum atomic E-state index is 7.08. The summed E-state index contributed by atoms with van der Waals surface area (Å²) in [5, 5.41) is 9.33. The SMILES string of the molecule is C=NO.c1ccc(Sc2ccccc2)cc1. The van der Waals surface area contributed by atoms with Gasteiger partial charge in [0.2, 0.25) is 0 Å². The lowest BCUT2D eigenvalue weighted by Gasteiger charge is -1.99. The summed E-state index contributed by atoms with van der Waals surface area (Å²) in [5.74, 6) is 0. The molecule has 82 valence electrons. The van der Waals surface area contributed by atoms with Crippen molar-refractivity contribution < 1.29 is 5.21 Å². The molecule has 0 aliphatic carbocycles. The van der Waals surface area contributed by atoms with Gasteiger partial charge in [0.15, 0.2) is 0 Å². The van der Waals surface area contributed by atoms with Crippen LogP contribution >= 0.6 is 11.8 Å². The fraction of sp³-hybridized carbons (Fsp3) is 0. The Morgan fingerprint density at radius 3 is 1.44 bits per heavy atom. The third kappa shape index (κ3) is 4.66. The van der Waals surface area contributed by atoms with Gasteiger partial charge in [-0.05, 0) is 24.3 Å². The van der Waals surface area contributed by atoms with Crippen LogP contribution in [0.15, 0.2) is 75.6 Å². The van der Waals surface area contributed by atoms with Crippen molar-refractivity contribution in [2.24, 2.45) is 5.16 Å². The van der Waals surface area contributed by atoms with E-state index in [1.165, 1.54) is 9.79 Å². The average molecular weight is 231 g/mol. The fourth-order valence-corrected chi connectivity index (χ4v) is 1.97. The minimum absolute atomic E-state index is 1.29. The molecule has 0 aromatic heterocycles. The van der Waals surface area contributed by atoms with Crippen molar-refractivity contribution in [1.82, 2.24) is 0 Å². The first-order valence-corrected chi connectivity index (χ1v) is 5.56. The monoisotopic (exact) mass is 231 g/mol. The normalized spacial score (nSPS) is 8.75. The third-order valence-corrected chi connectivity index (χ3v) is 2.74. The Bertz CT molecular complexity index is 365. The van der Waals surface area contributed by atoms with Crippen LogP contribution < -0.4 is 0 Å². The van der Waals surface area contributed by atoms with Gasteiger partial charge in [-0.15, -0.1) is 5.16 Å². The third-order valence-electron chi connectivity index (χ3n) is 1.72. The van der Waals surface area contributed by atoms with Crippen LogP contribution in [-0.4, -0.2) is 11.9 Å². The molecule has 16 heavy (non-hydrogen) atoms. The first-order valence-electron chi connectivity index (χ1n) is 4.75. The molecule has 0 atom stereocenters. The zero-order valence-electron chi connectivity index (χ0n) is 8.78. The van der Waals surface area contributed by atoms with Crippen molar-refractivity contribution in [3.63, 3.8) is 0 Å². The second-order valence-electron chi connectivity index (χ2n) is 2.87. The lowest BCUT2D eigenvalue weighted by Crippen LogP contribution is -1.70. The Hall–Kier alpha value is -1.74. The maximum absolute atomic E-state index is 7.08. The van der Waals surface area contributed by atoms with Gasteiger partial charge in [0, 0.05) is 16.5 Å². The van der Waals surface area contributed by atoms with Crippen LogP contribution in [-0.2, 0) is 0 Å². The lowest BCUT2D eigenvalue weighted by atomic mass is 10.4. The molecule has 0 saturated heterocycles. The summed E-state index contributed by atoms with van der Waals surface area (Å²) in [4.78, 5) is 2.57. The quantitative estimate of drug-likeness (QED) is 0.483. The molecule has 2 nitrogen and oxygen atoms in total. The van der Waals surface area contributed by atoms with Gasteiger partial charge in [0.1, 0.15) is 0 Å². The minimum Gasteiger partial charge on any atom is -0.411 e. The Morgan fingerprint density at radius 1 is 0.812 bits per heavy atom. The van der Waals surface area contributed by atoms with Gasteiger partial charge in [-0.2, -0.15) is 0 Å². The first-order chi connectivity index (χ1) is 7.86. The zero-order chi connectivity index (χ0) is 11.6. The predicted molar refractivity (Wildman–Crippen MR) is 68.3 cm³/mol. The summed E-state index contributed by atoms with van der Waals surface area (Å²) in [6.45, 7) is 2.67. The molecule has 0 saturated carbocycles. The summed E-state index contributed by atoms with van der Waals surface area (Å²) in [5.41, 5.74) is 0. The van der Waals surface area contributed by atoms with E-state index in [2.05, 4.69) is 60.4 Å². The van der Waals surface area contributed by atoms with Crippen molar-refractivity contribution >= 4 is 18.5 Å². The van der Waals surface area contributed by atoms with Crippen LogP contribution in [0.2, 0.25) is 0 Å².